The molecule has 2 aromatic carbocycles. The molecule has 2 heterocycles. The first kappa shape index (κ1) is 18.3. The highest BCUT2D eigenvalue weighted by atomic mass is 32.1. The summed E-state index contributed by atoms with van der Waals surface area (Å²) < 4.78 is 16.7. The summed E-state index contributed by atoms with van der Waals surface area (Å²) in [5.74, 6) is 1.54. The maximum absolute atomic E-state index is 13.1. The van der Waals surface area contributed by atoms with E-state index in [1.165, 1.54) is 4.90 Å². The highest BCUT2D eigenvalue weighted by Gasteiger charge is 2.33. The van der Waals surface area contributed by atoms with Crippen molar-refractivity contribution in [3.63, 3.8) is 0 Å². The Balaban J connectivity index is 1.70. The summed E-state index contributed by atoms with van der Waals surface area (Å²) in [6.07, 6.45) is 2.55. The molecule has 2 aliphatic heterocycles. The van der Waals surface area contributed by atoms with Gasteiger partial charge in [-0.05, 0) is 54.0 Å². The van der Waals surface area contributed by atoms with E-state index in [4.69, 9.17) is 26.4 Å². The van der Waals surface area contributed by atoms with E-state index >= 15 is 0 Å². The van der Waals surface area contributed by atoms with Crippen molar-refractivity contribution in [2.75, 3.05) is 25.2 Å². The first-order chi connectivity index (χ1) is 13.6. The van der Waals surface area contributed by atoms with Crippen molar-refractivity contribution in [2.24, 2.45) is 0 Å². The lowest BCUT2D eigenvalue weighted by atomic mass is 10.1. The molecular weight excluding hydrogens is 376 g/mol. The average Bonchev–Trinajstić information content (AvgIpc) is 3.00. The maximum Gasteiger partial charge on any atom is 0.281 e. The molecular formula is C21H20N2O4S. The van der Waals surface area contributed by atoms with Crippen molar-refractivity contribution in [1.82, 2.24) is 5.32 Å². The Morgan fingerprint density at radius 2 is 2.04 bits per heavy atom. The lowest BCUT2D eigenvalue weighted by molar-refractivity contribution is -0.113. The van der Waals surface area contributed by atoms with Gasteiger partial charge in [0.15, 0.2) is 16.6 Å². The first-order valence-corrected chi connectivity index (χ1v) is 9.46. The van der Waals surface area contributed by atoms with E-state index in [9.17, 15) is 4.79 Å². The molecule has 1 fully saturated rings. The summed E-state index contributed by atoms with van der Waals surface area (Å²) in [6.45, 7) is 3.00. The number of aryl methyl sites for hydroxylation is 1. The number of amides is 1. The Kier molecular flexibility index (Phi) is 4.92. The quantitative estimate of drug-likeness (QED) is 0.632. The number of hydrogen-bond donors (Lipinski definition) is 1. The predicted octanol–water partition coefficient (Wildman–Crippen LogP) is 3.29. The van der Waals surface area contributed by atoms with Crippen molar-refractivity contribution in [3.8, 4) is 17.2 Å². The van der Waals surface area contributed by atoms with Crippen LogP contribution in [-0.2, 0) is 11.2 Å². The molecule has 0 aliphatic carbocycles. The van der Waals surface area contributed by atoms with Gasteiger partial charge in [0, 0.05) is 0 Å². The predicted molar refractivity (Wildman–Crippen MR) is 111 cm³/mol. The molecule has 2 aromatic rings. The van der Waals surface area contributed by atoms with Crippen LogP contribution in [0.25, 0.3) is 6.08 Å². The third kappa shape index (κ3) is 3.18. The molecule has 0 spiro atoms. The largest absolute Gasteiger partial charge is 0.493 e. The normalized spacial score (nSPS) is 17.1. The van der Waals surface area contributed by atoms with Gasteiger partial charge in [0.1, 0.15) is 18.9 Å². The zero-order chi connectivity index (χ0) is 19.7. The highest BCUT2D eigenvalue weighted by Crippen LogP contribution is 2.41. The zero-order valence-corrected chi connectivity index (χ0v) is 16.5. The van der Waals surface area contributed by atoms with E-state index < -0.39 is 0 Å². The van der Waals surface area contributed by atoms with Gasteiger partial charge in [-0.2, -0.15) is 0 Å². The molecule has 0 radical (unpaired) electrons. The Labute approximate surface area is 168 Å². The summed E-state index contributed by atoms with van der Waals surface area (Å²) >= 11 is 5.43. The standard InChI is InChI=1S/C21H20N2O4S/c1-3-14-6-4-5-7-16(14)23-20(24)15(22-21(23)28)10-13-11-17(25-2)19-18(12-13)26-8-9-27-19/h4-7,10-12H,3,8-9H2,1-2H3,(H,22,28)/b15-10+. The van der Waals surface area contributed by atoms with Crippen molar-refractivity contribution < 1.29 is 19.0 Å². The summed E-state index contributed by atoms with van der Waals surface area (Å²) in [5.41, 5.74) is 3.01. The molecule has 0 aromatic heterocycles. The SMILES string of the molecule is CCc1ccccc1N1C(=O)/C(=C\c2cc(OC)c3c(c2)OCCO3)NC1=S. The van der Waals surface area contributed by atoms with Crippen molar-refractivity contribution in [1.29, 1.82) is 0 Å². The number of carbonyl (C=O) groups excluding carboxylic acids is 1. The fourth-order valence-electron chi connectivity index (χ4n) is 3.33. The van der Waals surface area contributed by atoms with Gasteiger partial charge in [0.2, 0.25) is 5.75 Å². The minimum Gasteiger partial charge on any atom is -0.493 e. The third-order valence-corrected chi connectivity index (χ3v) is 4.94. The van der Waals surface area contributed by atoms with Crippen LogP contribution in [0.2, 0.25) is 0 Å². The van der Waals surface area contributed by atoms with Crippen LogP contribution in [0.15, 0.2) is 42.1 Å². The second-order valence-corrected chi connectivity index (χ2v) is 6.75. The summed E-state index contributed by atoms with van der Waals surface area (Å²) in [5, 5.41) is 3.39. The molecule has 0 atom stereocenters. The second-order valence-electron chi connectivity index (χ2n) is 6.36. The molecule has 0 saturated carbocycles. The lowest BCUT2D eigenvalue weighted by Crippen LogP contribution is -2.31. The number of hydrogen-bond acceptors (Lipinski definition) is 5. The van der Waals surface area contributed by atoms with Crippen LogP contribution in [-0.4, -0.2) is 31.3 Å². The Morgan fingerprint density at radius 1 is 1.25 bits per heavy atom. The molecule has 0 bridgehead atoms. The van der Waals surface area contributed by atoms with Crippen LogP contribution in [0.3, 0.4) is 0 Å². The molecule has 4 rings (SSSR count). The van der Waals surface area contributed by atoms with E-state index in [2.05, 4.69) is 5.32 Å². The van der Waals surface area contributed by atoms with E-state index in [0.717, 1.165) is 23.2 Å². The average molecular weight is 396 g/mol. The van der Waals surface area contributed by atoms with Gasteiger partial charge in [-0.15, -0.1) is 0 Å². The number of anilines is 1. The van der Waals surface area contributed by atoms with Gasteiger partial charge in [-0.3, -0.25) is 9.69 Å². The number of benzene rings is 2. The summed E-state index contributed by atoms with van der Waals surface area (Å²) in [7, 11) is 1.57. The van der Waals surface area contributed by atoms with Crippen LogP contribution < -0.4 is 24.4 Å². The monoisotopic (exact) mass is 396 g/mol. The third-order valence-electron chi connectivity index (χ3n) is 4.65. The number of para-hydroxylation sites is 1. The van der Waals surface area contributed by atoms with Crippen molar-refractivity contribution in [2.45, 2.75) is 13.3 Å². The van der Waals surface area contributed by atoms with Crippen LogP contribution >= 0.6 is 12.2 Å². The van der Waals surface area contributed by atoms with Gasteiger partial charge in [-0.25, -0.2) is 0 Å². The molecule has 6 nitrogen and oxygen atoms in total. The van der Waals surface area contributed by atoms with Gasteiger partial charge < -0.3 is 19.5 Å². The number of fused-ring (bicyclic) bond motifs is 1. The number of thiocarbonyl (C=S) groups is 1. The number of rotatable bonds is 4. The Bertz CT molecular complexity index is 969. The number of nitrogens with one attached hydrogen (secondary N) is 1. The smallest absolute Gasteiger partial charge is 0.281 e. The minimum absolute atomic E-state index is 0.195. The molecule has 7 heteroatoms. The van der Waals surface area contributed by atoms with Crippen molar-refractivity contribution >= 4 is 35.0 Å². The highest BCUT2D eigenvalue weighted by molar-refractivity contribution is 7.80. The molecule has 144 valence electrons. The Morgan fingerprint density at radius 3 is 2.82 bits per heavy atom. The summed E-state index contributed by atoms with van der Waals surface area (Å²) in [4.78, 5) is 14.6. The number of ether oxygens (including phenoxy) is 3. The van der Waals surface area contributed by atoms with E-state index in [0.29, 0.717) is 41.3 Å². The summed E-state index contributed by atoms with van der Waals surface area (Å²) in [6, 6.07) is 11.4. The maximum atomic E-state index is 13.1. The fourth-order valence-corrected chi connectivity index (χ4v) is 3.62. The van der Waals surface area contributed by atoms with Crippen LogP contribution in [0.4, 0.5) is 5.69 Å². The molecule has 28 heavy (non-hydrogen) atoms. The van der Waals surface area contributed by atoms with Crippen LogP contribution in [0.1, 0.15) is 18.1 Å². The molecule has 1 amide bonds. The fraction of sp³-hybridized carbons (Fsp3) is 0.238. The van der Waals surface area contributed by atoms with Crippen molar-refractivity contribution in [3.05, 3.63) is 53.2 Å². The van der Waals surface area contributed by atoms with E-state index in [1.807, 2.05) is 37.3 Å². The van der Waals surface area contributed by atoms with E-state index in [1.54, 1.807) is 19.3 Å². The Hall–Kier alpha value is -3.06. The van der Waals surface area contributed by atoms with Gasteiger partial charge in [0.05, 0.1) is 12.8 Å². The van der Waals surface area contributed by atoms with Crippen LogP contribution in [0, 0.1) is 0 Å². The molecule has 2 aliphatic rings. The lowest BCUT2D eigenvalue weighted by Gasteiger charge is -2.21. The number of methoxy groups -OCH3 is 1. The number of carbonyl (C=O) groups is 1. The first-order valence-electron chi connectivity index (χ1n) is 9.05. The number of nitrogens with zero attached hydrogens (tertiary/aromatic N) is 1. The van der Waals surface area contributed by atoms with Crippen LogP contribution in [0.5, 0.6) is 17.2 Å². The molecule has 0 unspecified atom stereocenters. The van der Waals surface area contributed by atoms with E-state index in [-0.39, 0.29) is 5.91 Å². The minimum atomic E-state index is -0.195. The second kappa shape index (κ2) is 7.52. The topological polar surface area (TPSA) is 60.0 Å². The van der Waals surface area contributed by atoms with Gasteiger partial charge in [0.25, 0.3) is 5.91 Å². The van der Waals surface area contributed by atoms with Gasteiger partial charge in [-0.1, -0.05) is 25.1 Å². The zero-order valence-electron chi connectivity index (χ0n) is 15.7. The molecule has 1 N–H and O–H groups in total. The molecule has 1 saturated heterocycles. The van der Waals surface area contributed by atoms with Gasteiger partial charge >= 0.3 is 0 Å².